The number of methoxy groups -OCH3 is 1. The summed E-state index contributed by atoms with van der Waals surface area (Å²) >= 11 is 0. The van der Waals surface area contributed by atoms with Crippen LogP contribution in [-0.2, 0) is 25.5 Å². The molecule has 2 aliphatic carbocycles. The van der Waals surface area contributed by atoms with Crippen LogP contribution in [0.2, 0.25) is 0 Å². The summed E-state index contributed by atoms with van der Waals surface area (Å²) in [4.78, 5) is 56.7. The molecule has 65 heavy (non-hydrogen) atoms. The monoisotopic (exact) mass is 893 g/mol. The molecule has 1 saturated heterocycles. The predicted octanol–water partition coefficient (Wildman–Crippen LogP) is 10.1. The molecule has 0 aromatic carbocycles. The summed E-state index contributed by atoms with van der Waals surface area (Å²) in [5, 5.41) is 6.86. The molecule has 0 spiro atoms. The van der Waals surface area contributed by atoms with Gasteiger partial charge in [-0.2, -0.15) is 11.4 Å². The number of Topliss-reactive ketones (excluding diaryl/α,β-unsaturated/α-hetero) is 1. The number of ketones is 1. The SMILES string of the molecule is C=Cc1c2[n-]c(c1C)/C=C1\[N-]/C(=C3\c4[n-]c(c(C)c4C(=O)[C@@H]3C(=O)OC)/C=c3\[n-]/c(c(C)c3CC)=C\2)[C@@H](CCC(=O)OCC[C@H]2C[C@@H]2CC[C@H](C)CCC[C@H](C)CCCC(C)C)[C@@H]1C.[Mg+2]. The number of fused-ring (bicyclic) bond motifs is 7. The third-order valence-electron chi connectivity index (χ3n) is 15.1. The van der Waals surface area contributed by atoms with E-state index in [0.29, 0.717) is 52.7 Å². The number of hydrogen-bond acceptors (Lipinski definition) is 5. The number of allylic oxidation sites excluding steroid dienone is 2. The quantitative estimate of drug-likeness (QED) is 0.0624. The molecule has 3 aromatic heterocycles. The van der Waals surface area contributed by atoms with E-state index < -0.39 is 11.9 Å². The van der Waals surface area contributed by atoms with E-state index in [1.165, 1.54) is 64.9 Å². The zero-order valence-corrected chi connectivity index (χ0v) is 42.5. The van der Waals surface area contributed by atoms with Crippen molar-refractivity contribution in [2.75, 3.05) is 13.7 Å². The Bertz CT molecular complexity index is 2440. The average Bonchev–Trinajstić information content (AvgIpc) is 3.39. The molecule has 346 valence electrons. The molecule has 0 radical (unpaired) electrons. The molecule has 10 heteroatoms. The van der Waals surface area contributed by atoms with Crippen LogP contribution in [0, 0.1) is 68.1 Å². The van der Waals surface area contributed by atoms with Crippen molar-refractivity contribution in [3.8, 4) is 0 Å². The van der Waals surface area contributed by atoms with Crippen LogP contribution in [0.3, 0.4) is 0 Å². The Hall–Kier alpha value is -4.02. The summed E-state index contributed by atoms with van der Waals surface area (Å²) in [6.07, 6.45) is 21.9. The predicted molar refractivity (Wildman–Crippen MR) is 262 cm³/mol. The fourth-order valence-corrected chi connectivity index (χ4v) is 10.8. The summed E-state index contributed by atoms with van der Waals surface area (Å²) in [7, 11) is 1.30. The van der Waals surface area contributed by atoms with E-state index in [9.17, 15) is 14.4 Å². The average molecular weight is 894 g/mol. The molecule has 0 unspecified atom stereocenters. The van der Waals surface area contributed by atoms with Gasteiger partial charge in [-0.1, -0.05) is 145 Å². The van der Waals surface area contributed by atoms with Crippen molar-refractivity contribution in [3.05, 3.63) is 90.1 Å². The van der Waals surface area contributed by atoms with Crippen LogP contribution < -0.4 is 25.7 Å². The number of esters is 2. The van der Waals surface area contributed by atoms with Crippen LogP contribution >= 0.6 is 0 Å². The van der Waals surface area contributed by atoms with Gasteiger partial charge in [-0.3, -0.25) is 14.4 Å². The molecule has 7 atom stereocenters. The van der Waals surface area contributed by atoms with E-state index in [1.807, 2.05) is 38.2 Å². The van der Waals surface area contributed by atoms with Crippen LogP contribution in [0.25, 0.3) is 35.2 Å². The summed E-state index contributed by atoms with van der Waals surface area (Å²) in [5.41, 5.74) is 9.60. The fourth-order valence-electron chi connectivity index (χ4n) is 10.8. The Kier molecular flexibility index (Phi) is 16.8. The second-order valence-corrected chi connectivity index (χ2v) is 20.1. The van der Waals surface area contributed by atoms with Crippen LogP contribution in [0.1, 0.15) is 180 Å². The molecule has 0 N–H and O–H groups in total. The second kappa shape index (κ2) is 21.7. The Morgan fingerprint density at radius 3 is 2.17 bits per heavy atom. The number of rotatable bonds is 20. The first-order chi connectivity index (χ1) is 30.6. The molecular weight excluding hydrogens is 821 g/mol. The molecule has 2 aliphatic heterocycles. The van der Waals surface area contributed by atoms with Crippen LogP contribution in [0.5, 0.6) is 0 Å². The van der Waals surface area contributed by atoms with Gasteiger partial charge in [0.15, 0.2) is 5.78 Å². The van der Waals surface area contributed by atoms with Crippen molar-refractivity contribution in [2.45, 2.75) is 146 Å². The normalized spacial score (nSPS) is 24.5. The molecule has 9 nitrogen and oxygen atoms in total. The molecule has 8 bridgehead atoms. The van der Waals surface area contributed by atoms with E-state index in [0.717, 1.165) is 86.6 Å². The smallest absolute Gasteiger partial charge is 0.664 e. The van der Waals surface area contributed by atoms with Crippen molar-refractivity contribution < 1.29 is 23.9 Å². The van der Waals surface area contributed by atoms with Crippen LogP contribution in [0.4, 0.5) is 0 Å². The van der Waals surface area contributed by atoms with E-state index in [-0.39, 0.29) is 53.1 Å². The van der Waals surface area contributed by atoms with Gasteiger partial charge in [0.1, 0.15) is 5.92 Å². The topological polar surface area (TPSA) is 126 Å². The van der Waals surface area contributed by atoms with Gasteiger partial charge < -0.3 is 29.7 Å². The van der Waals surface area contributed by atoms with Gasteiger partial charge in [-0.15, -0.1) is 33.5 Å². The maximum absolute atomic E-state index is 14.4. The van der Waals surface area contributed by atoms with E-state index in [1.54, 1.807) is 0 Å². The minimum Gasteiger partial charge on any atom is -0.664 e. The molecule has 2 fully saturated rings. The fraction of sp³-hybridized carbons (Fsp3) is 0.582. The van der Waals surface area contributed by atoms with Crippen molar-refractivity contribution in [2.24, 2.45) is 47.3 Å². The summed E-state index contributed by atoms with van der Waals surface area (Å²) in [5.74, 6) is 0.885. The maximum atomic E-state index is 14.4. The first kappa shape index (κ1) is 50.4. The molecular formula is C55H72MgN4O5-2. The van der Waals surface area contributed by atoms with Gasteiger partial charge >= 0.3 is 35.0 Å². The van der Waals surface area contributed by atoms with Crippen molar-refractivity contribution in [1.82, 2.24) is 15.0 Å². The van der Waals surface area contributed by atoms with Crippen molar-refractivity contribution in [3.63, 3.8) is 0 Å². The number of aromatic nitrogens is 3. The number of carbonyl (C=O) groups is 3. The van der Waals surface area contributed by atoms with Crippen LogP contribution in [0.15, 0.2) is 18.0 Å². The zero-order chi connectivity index (χ0) is 46.0. The summed E-state index contributed by atoms with van der Waals surface area (Å²) in [6.45, 7) is 24.2. The number of ether oxygens (including phenoxy) is 2. The zero-order valence-electron chi connectivity index (χ0n) is 41.1. The standard InChI is InChI=1S/C55H73N4O5.Mg/c1-12-39-33(7)42-27-44-35(9)41(22-23-48(60)64-25-24-38-26-37(38)21-20-32(6)19-15-18-31(5)17-14-16-30(3)4)52(58-44)50-51(55(62)63-11)54(61)49-36(10)45(59-53(49)50)29-47-40(13-2)34(8)43(57-47)28-46(39)56-42;/h12,27-32,35,37-38,41,51H,1,13-26H2,2-11H3,(H-,58,59,61);/q-3;+2/p-1/b43-28-,44-27-,47-29-;/t31-,32-,35+,37+,38+,41+,51-;/m1./s1. The summed E-state index contributed by atoms with van der Waals surface area (Å²) in [6, 6.07) is 0. The second-order valence-electron chi connectivity index (χ2n) is 20.1. The van der Waals surface area contributed by atoms with Crippen molar-refractivity contribution in [1.29, 1.82) is 0 Å². The largest absolute Gasteiger partial charge is 2.00 e. The van der Waals surface area contributed by atoms with Gasteiger partial charge in [0.05, 0.1) is 13.7 Å². The van der Waals surface area contributed by atoms with E-state index in [2.05, 4.69) is 55.0 Å². The van der Waals surface area contributed by atoms with Crippen LogP contribution in [-0.4, -0.2) is 54.5 Å². The Morgan fingerprint density at radius 1 is 0.831 bits per heavy atom. The minimum absolute atomic E-state index is 0. The molecule has 3 aromatic rings. The Balaban J connectivity index is 0.00000700. The summed E-state index contributed by atoms with van der Waals surface area (Å²) < 4.78 is 11.2. The van der Waals surface area contributed by atoms with Gasteiger partial charge in [0, 0.05) is 12.0 Å². The number of hydrogen-bond donors (Lipinski definition) is 0. The van der Waals surface area contributed by atoms with Gasteiger partial charge in [-0.05, 0) is 99.9 Å². The third kappa shape index (κ3) is 10.9. The van der Waals surface area contributed by atoms with E-state index >= 15 is 0 Å². The first-order valence-corrected chi connectivity index (χ1v) is 24.4. The third-order valence-corrected chi connectivity index (χ3v) is 15.1. The minimum atomic E-state index is -1.21. The van der Waals surface area contributed by atoms with Crippen molar-refractivity contribution >= 4 is 70.7 Å². The number of nitrogens with zero attached hydrogens (tertiary/aromatic N) is 4. The maximum Gasteiger partial charge on any atom is 2.00 e. The molecule has 4 aliphatic rings. The Labute approximate surface area is 404 Å². The molecule has 1 saturated carbocycles. The molecule has 7 rings (SSSR count). The van der Waals surface area contributed by atoms with Gasteiger partial charge in [-0.25, -0.2) is 0 Å². The van der Waals surface area contributed by atoms with Gasteiger partial charge in [0.25, 0.3) is 0 Å². The van der Waals surface area contributed by atoms with E-state index in [4.69, 9.17) is 29.7 Å². The molecule has 0 amide bonds. The molecule has 5 heterocycles. The van der Waals surface area contributed by atoms with Gasteiger partial charge in [0.2, 0.25) is 0 Å². The first-order valence-electron chi connectivity index (χ1n) is 24.4. The Morgan fingerprint density at radius 2 is 1.49 bits per heavy atom. The number of carbonyl (C=O) groups excluding carboxylic acids is 3.